The van der Waals surface area contributed by atoms with Crippen molar-refractivity contribution in [2.75, 3.05) is 36.4 Å². The van der Waals surface area contributed by atoms with E-state index >= 15 is 0 Å². The number of hydrogen-bond acceptors (Lipinski definition) is 8. The molecule has 6 heterocycles. The van der Waals surface area contributed by atoms with Gasteiger partial charge in [0.2, 0.25) is 5.91 Å². The number of pyridine rings is 1. The van der Waals surface area contributed by atoms with Crippen LogP contribution in [0.5, 0.6) is 0 Å². The summed E-state index contributed by atoms with van der Waals surface area (Å²) in [6.07, 6.45) is 5.28. The predicted molar refractivity (Wildman–Crippen MR) is 151 cm³/mol. The zero-order valence-electron chi connectivity index (χ0n) is 22.9. The van der Waals surface area contributed by atoms with E-state index in [1.54, 1.807) is 0 Å². The van der Waals surface area contributed by atoms with Gasteiger partial charge in [-0.2, -0.15) is 10.4 Å². The van der Waals surface area contributed by atoms with E-state index in [-0.39, 0.29) is 24.0 Å². The van der Waals surface area contributed by atoms with Gasteiger partial charge in [-0.05, 0) is 75.9 Å². The Bertz CT molecular complexity index is 1430. The normalized spacial score (nSPS) is 21.8. The van der Waals surface area contributed by atoms with Gasteiger partial charge in [-0.1, -0.05) is 18.2 Å². The second kappa shape index (κ2) is 10.4. The topological polar surface area (TPSA) is 110 Å². The maximum Gasteiger partial charge on any atom is 0.226 e. The largest absolute Gasteiger partial charge is 0.362 e. The van der Waals surface area contributed by atoms with E-state index in [4.69, 9.17) is 4.98 Å². The highest BCUT2D eigenvalue weighted by molar-refractivity contribution is 5.94. The molecule has 2 aromatic heterocycles. The summed E-state index contributed by atoms with van der Waals surface area (Å²) in [6.45, 7) is 9.64. The van der Waals surface area contributed by atoms with Crippen molar-refractivity contribution in [3.63, 3.8) is 0 Å². The monoisotopic (exact) mass is 524 g/mol. The SMILES string of the molecule is Cc1c(CC#N)cccc1[C@@H](C)Nc1nnc(C)c2cnc(N3CC4CC(C3)N4C(=O)C3CCNCC3)cc12. The van der Waals surface area contributed by atoms with Gasteiger partial charge in [-0.3, -0.25) is 4.79 Å². The molecule has 3 aromatic rings. The van der Waals surface area contributed by atoms with Crippen LogP contribution in [0.3, 0.4) is 0 Å². The van der Waals surface area contributed by atoms with Gasteiger partial charge in [0, 0.05) is 36.0 Å². The lowest BCUT2D eigenvalue weighted by molar-refractivity contribution is -0.151. The number of piperidine rings is 2. The van der Waals surface area contributed by atoms with Crippen molar-refractivity contribution < 1.29 is 4.79 Å². The number of aromatic nitrogens is 3. The number of nitrogens with one attached hydrogen (secondary N) is 2. The highest BCUT2D eigenvalue weighted by Gasteiger charge is 2.48. The van der Waals surface area contributed by atoms with Crippen LogP contribution in [0.2, 0.25) is 0 Å². The third-order valence-electron chi connectivity index (χ3n) is 8.87. The minimum Gasteiger partial charge on any atom is -0.362 e. The molecule has 4 aliphatic rings. The minimum absolute atomic E-state index is 0.0161. The maximum atomic E-state index is 13.2. The Kier molecular flexibility index (Phi) is 6.81. The summed E-state index contributed by atoms with van der Waals surface area (Å²) in [5, 5.41) is 27.0. The molecule has 1 amide bonds. The van der Waals surface area contributed by atoms with E-state index in [2.05, 4.69) is 62.7 Å². The molecule has 9 nitrogen and oxygen atoms in total. The molecule has 39 heavy (non-hydrogen) atoms. The lowest BCUT2D eigenvalue weighted by atomic mass is 9.84. The first-order valence-electron chi connectivity index (χ1n) is 14.1. The van der Waals surface area contributed by atoms with E-state index in [9.17, 15) is 10.1 Å². The van der Waals surface area contributed by atoms with Crippen molar-refractivity contribution in [1.82, 2.24) is 25.4 Å². The first-order chi connectivity index (χ1) is 18.9. The molecule has 4 aliphatic heterocycles. The van der Waals surface area contributed by atoms with E-state index in [1.807, 2.05) is 25.3 Å². The van der Waals surface area contributed by atoms with Crippen LogP contribution in [0.4, 0.5) is 11.6 Å². The summed E-state index contributed by atoms with van der Waals surface area (Å²) >= 11 is 0. The summed E-state index contributed by atoms with van der Waals surface area (Å²) in [5.41, 5.74) is 4.16. The van der Waals surface area contributed by atoms with E-state index in [0.29, 0.717) is 12.3 Å². The van der Waals surface area contributed by atoms with Crippen molar-refractivity contribution in [3.05, 3.63) is 52.8 Å². The first kappa shape index (κ1) is 25.5. The molecule has 3 atom stereocenters. The predicted octanol–water partition coefficient (Wildman–Crippen LogP) is 3.67. The molecule has 2 unspecified atom stereocenters. The second-order valence-corrected chi connectivity index (χ2v) is 11.3. The van der Waals surface area contributed by atoms with E-state index in [1.165, 1.54) is 0 Å². The second-order valence-electron chi connectivity index (χ2n) is 11.3. The van der Waals surface area contributed by atoms with Crippen LogP contribution in [-0.4, -0.2) is 64.3 Å². The summed E-state index contributed by atoms with van der Waals surface area (Å²) in [5.74, 6) is 2.16. The molecule has 202 valence electrons. The Morgan fingerprint density at radius 1 is 1.18 bits per heavy atom. The number of rotatable bonds is 6. The quantitative estimate of drug-likeness (QED) is 0.503. The van der Waals surface area contributed by atoms with Gasteiger partial charge in [0.25, 0.3) is 0 Å². The van der Waals surface area contributed by atoms with Gasteiger partial charge >= 0.3 is 0 Å². The fourth-order valence-corrected chi connectivity index (χ4v) is 6.61. The van der Waals surface area contributed by atoms with Gasteiger partial charge < -0.3 is 20.4 Å². The van der Waals surface area contributed by atoms with E-state index in [0.717, 1.165) is 90.2 Å². The number of fused-ring (bicyclic) bond motifs is 3. The Labute approximate surface area is 229 Å². The van der Waals surface area contributed by atoms with Gasteiger partial charge in [0.1, 0.15) is 5.82 Å². The smallest absolute Gasteiger partial charge is 0.226 e. The van der Waals surface area contributed by atoms with Crippen LogP contribution < -0.4 is 15.5 Å². The molecule has 0 radical (unpaired) electrons. The minimum atomic E-state index is -0.0161. The van der Waals surface area contributed by atoms with Gasteiger partial charge in [-0.15, -0.1) is 5.10 Å². The number of amides is 1. The molecular formula is C30H36N8O. The standard InChI is InChI=1S/C30H36N8O/c1-18-21(7-10-31)5-4-6-25(18)19(2)34-29-26-14-28(33-15-27(26)20(3)35-36-29)37-16-23-13-24(17-37)38(23)30(39)22-8-11-32-12-9-22/h4-6,14-15,19,22-24,32H,7-9,11-13,16-17H2,1-3H3,(H,34,36)/t19-,23?,24?/m1/s1. The molecular weight excluding hydrogens is 488 g/mol. The van der Waals surface area contributed by atoms with Crippen molar-refractivity contribution in [2.45, 2.75) is 64.6 Å². The summed E-state index contributed by atoms with van der Waals surface area (Å²) in [4.78, 5) is 22.5. The number of piperazine rings is 1. The first-order valence-corrected chi connectivity index (χ1v) is 14.1. The summed E-state index contributed by atoms with van der Waals surface area (Å²) < 4.78 is 0. The molecule has 4 fully saturated rings. The molecule has 4 saturated heterocycles. The van der Waals surface area contributed by atoms with Crippen LogP contribution in [0.15, 0.2) is 30.5 Å². The van der Waals surface area contributed by atoms with Crippen LogP contribution in [0.25, 0.3) is 10.8 Å². The lowest BCUT2D eigenvalue weighted by Gasteiger charge is -2.57. The van der Waals surface area contributed by atoms with Crippen molar-refractivity contribution in [1.29, 1.82) is 5.26 Å². The Morgan fingerprint density at radius 3 is 2.69 bits per heavy atom. The zero-order valence-corrected chi connectivity index (χ0v) is 22.9. The Morgan fingerprint density at radius 2 is 1.95 bits per heavy atom. The van der Waals surface area contributed by atoms with Crippen LogP contribution >= 0.6 is 0 Å². The van der Waals surface area contributed by atoms with Gasteiger partial charge in [0.05, 0.1) is 36.3 Å². The number of carbonyl (C=O) groups is 1. The zero-order chi connectivity index (χ0) is 27.1. The summed E-state index contributed by atoms with van der Waals surface area (Å²) in [7, 11) is 0. The van der Waals surface area contributed by atoms with Gasteiger partial charge in [0.15, 0.2) is 5.82 Å². The maximum absolute atomic E-state index is 13.2. The highest BCUT2D eigenvalue weighted by Crippen LogP contribution is 2.37. The van der Waals surface area contributed by atoms with Crippen molar-refractivity contribution in [3.8, 4) is 6.07 Å². The number of carbonyl (C=O) groups excluding carboxylic acids is 1. The molecule has 0 saturated carbocycles. The average molecular weight is 525 g/mol. The van der Waals surface area contributed by atoms with Crippen molar-refractivity contribution >= 4 is 28.3 Å². The fraction of sp³-hybridized carbons (Fsp3) is 0.500. The van der Waals surface area contributed by atoms with E-state index < -0.39 is 0 Å². The molecule has 9 heteroatoms. The van der Waals surface area contributed by atoms with Crippen LogP contribution in [0.1, 0.15) is 54.6 Å². The Balaban J connectivity index is 1.23. The Hall–Kier alpha value is -3.77. The molecule has 1 aromatic carbocycles. The van der Waals surface area contributed by atoms with Crippen molar-refractivity contribution in [2.24, 2.45) is 5.92 Å². The van der Waals surface area contributed by atoms with Gasteiger partial charge in [-0.25, -0.2) is 4.98 Å². The van der Waals surface area contributed by atoms with Crippen LogP contribution in [0, 0.1) is 31.1 Å². The number of nitrogens with zero attached hydrogens (tertiary/aromatic N) is 6. The third kappa shape index (κ3) is 4.67. The fourth-order valence-electron chi connectivity index (χ4n) is 6.61. The number of anilines is 2. The third-order valence-corrected chi connectivity index (χ3v) is 8.87. The lowest BCUT2D eigenvalue weighted by Crippen LogP contribution is -2.71. The molecule has 0 aliphatic carbocycles. The molecule has 0 spiro atoms. The molecule has 2 N–H and O–H groups in total. The number of aryl methyl sites for hydroxylation is 1. The molecule has 7 rings (SSSR count). The summed E-state index contributed by atoms with van der Waals surface area (Å²) in [6, 6.07) is 11.0. The number of nitriles is 1. The van der Waals surface area contributed by atoms with Crippen LogP contribution in [-0.2, 0) is 11.2 Å². The highest BCUT2D eigenvalue weighted by atomic mass is 16.2. The molecule has 2 bridgehead atoms. The number of hydrogen-bond donors (Lipinski definition) is 2. The average Bonchev–Trinajstić information content (AvgIpc) is 2.96. The number of benzene rings is 1.